The molecule has 1 aromatic rings. The lowest BCUT2D eigenvalue weighted by molar-refractivity contribution is -0.129. The van der Waals surface area contributed by atoms with Crippen LogP contribution in [0.4, 0.5) is 0 Å². The van der Waals surface area contributed by atoms with E-state index in [0.717, 1.165) is 12.2 Å². The molecule has 1 rings (SSSR count). The van der Waals surface area contributed by atoms with E-state index in [2.05, 4.69) is 43.5 Å². The highest BCUT2D eigenvalue weighted by Gasteiger charge is 2.16. The zero-order chi connectivity index (χ0) is 19.7. The predicted molar refractivity (Wildman–Crippen MR) is 105 cm³/mol. The minimum absolute atomic E-state index is 0.111. The summed E-state index contributed by atoms with van der Waals surface area (Å²) in [5.41, 5.74) is 1.38. The van der Waals surface area contributed by atoms with Crippen molar-refractivity contribution in [1.29, 1.82) is 0 Å². The van der Waals surface area contributed by atoms with Gasteiger partial charge >= 0.3 is 0 Å². The standard InChI is InChI=1S/C21H34N2O3/c1-7-15(2)22-20(25)16(3)23-19(24)9-8-14-26-18-12-10-17(11-13-18)21(4,5)6/h10-13,15-16H,7-9,14H2,1-6H3,(H,22,25)(H,23,24)/t15-,16+/m1/s1. The summed E-state index contributed by atoms with van der Waals surface area (Å²) < 4.78 is 5.68. The first-order chi connectivity index (χ1) is 12.1. The van der Waals surface area contributed by atoms with Crippen LogP contribution in [-0.2, 0) is 15.0 Å². The maximum Gasteiger partial charge on any atom is 0.242 e. The fourth-order valence-corrected chi connectivity index (χ4v) is 2.32. The first kappa shape index (κ1) is 22.0. The van der Waals surface area contributed by atoms with Crippen molar-refractivity contribution in [2.24, 2.45) is 0 Å². The maximum absolute atomic E-state index is 11.9. The Hall–Kier alpha value is -2.04. The Kier molecular flexibility index (Phi) is 8.62. The number of ether oxygens (including phenoxy) is 1. The molecule has 0 aliphatic carbocycles. The second-order valence-electron chi connectivity index (χ2n) is 7.83. The van der Waals surface area contributed by atoms with E-state index in [0.29, 0.717) is 19.4 Å². The van der Waals surface area contributed by atoms with Crippen LogP contribution in [0.5, 0.6) is 5.75 Å². The Labute approximate surface area is 157 Å². The number of benzene rings is 1. The van der Waals surface area contributed by atoms with Crippen LogP contribution in [0.2, 0.25) is 0 Å². The minimum Gasteiger partial charge on any atom is -0.494 e. The van der Waals surface area contributed by atoms with Gasteiger partial charge in [0.15, 0.2) is 0 Å². The Bertz CT molecular complexity index is 576. The molecule has 0 unspecified atom stereocenters. The normalized spacial score (nSPS) is 13.6. The molecule has 2 amide bonds. The van der Waals surface area contributed by atoms with Gasteiger partial charge in [-0.05, 0) is 49.8 Å². The molecule has 0 saturated carbocycles. The van der Waals surface area contributed by atoms with E-state index in [1.165, 1.54) is 5.56 Å². The van der Waals surface area contributed by atoms with Gasteiger partial charge < -0.3 is 15.4 Å². The molecule has 0 spiro atoms. The van der Waals surface area contributed by atoms with Crippen LogP contribution in [0, 0.1) is 0 Å². The molecule has 0 aromatic heterocycles. The summed E-state index contributed by atoms with van der Waals surface area (Å²) in [6.07, 6.45) is 1.80. The van der Waals surface area contributed by atoms with E-state index in [9.17, 15) is 9.59 Å². The summed E-state index contributed by atoms with van der Waals surface area (Å²) in [4.78, 5) is 23.8. The van der Waals surface area contributed by atoms with Gasteiger partial charge in [-0.2, -0.15) is 0 Å². The molecular formula is C21H34N2O3. The molecule has 0 aliphatic rings. The lowest BCUT2D eigenvalue weighted by Crippen LogP contribution is -2.47. The van der Waals surface area contributed by atoms with Crippen molar-refractivity contribution in [2.45, 2.75) is 78.3 Å². The first-order valence-electron chi connectivity index (χ1n) is 9.46. The van der Waals surface area contributed by atoms with E-state index in [-0.39, 0.29) is 23.3 Å². The monoisotopic (exact) mass is 362 g/mol. The van der Waals surface area contributed by atoms with Gasteiger partial charge in [0, 0.05) is 12.5 Å². The maximum atomic E-state index is 11.9. The number of nitrogens with one attached hydrogen (secondary N) is 2. The van der Waals surface area contributed by atoms with Gasteiger partial charge in [-0.25, -0.2) is 0 Å². The van der Waals surface area contributed by atoms with Crippen molar-refractivity contribution in [3.63, 3.8) is 0 Å². The lowest BCUT2D eigenvalue weighted by atomic mass is 9.87. The quantitative estimate of drug-likeness (QED) is 0.660. The molecule has 146 valence electrons. The summed E-state index contributed by atoms with van der Waals surface area (Å²) in [7, 11) is 0. The molecule has 2 atom stereocenters. The SMILES string of the molecule is CC[C@@H](C)NC(=O)[C@H](C)NC(=O)CCCOc1ccc(C(C)(C)C)cc1. The third-order valence-electron chi connectivity index (χ3n) is 4.31. The van der Waals surface area contributed by atoms with Crippen LogP contribution in [0.15, 0.2) is 24.3 Å². The highest BCUT2D eigenvalue weighted by Crippen LogP contribution is 2.24. The average molecular weight is 363 g/mol. The van der Waals surface area contributed by atoms with Gasteiger partial charge in [0.2, 0.25) is 11.8 Å². The molecule has 0 heterocycles. The van der Waals surface area contributed by atoms with Crippen LogP contribution < -0.4 is 15.4 Å². The molecule has 0 saturated heterocycles. The molecular weight excluding hydrogens is 328 g/mol. The van der Waals surface area contributed by atoms with Gasteiger partial charge in [0.05, 0.1) is 6.61 Å². The summed E-state index contributed by atoms with van der Waals surface area (Å²) in [5.74, 6) is 0.520. The van der Waals surface area contributed by atoms with Gasteiger partial charge in [0.1, 0.15) is 11.8 Å². The van der Waals surface area contributed by atoms with Gasteiger partial charge in [0.25, 0.3) is 0 Å². The van der Waals surface area contributed by atoms with E-state index < -0.39 is 6.04 Å². The van der Waals surface area contributed by atoms with Crippen molar-refractivity contribution in [2.75, 3.05) is 6.61 Å². The summed E-state index contributed by atoms with van der Waals surface area (Å²) >= 11 is 0. The highest BCUT2D eigenvalue weighted by atomic mass is 16.5. The minimum atomic E-state index is -0.526. The van der Waals surface area contributed by atoms with E-state index in [4.69, 9.17) is 4.74 Å². The number of hydrogen-bond acceptors (Lipinski definition) is 3. The number of hydrogen-bond donors (Lipinski definition) is 2. The molecule has 5 heteroatoms. The fraction of sp³-hybridized carbons (Fsp3) is 0.619. The second-order valence-corrected chi connectivity index (χ2v) is 7.83. The van der Waals surface area contributed by atoms with Crippen molar-refractivity contribution in [3.8, 4) is 5.75 Å². The lowest BCUT2D eigenvalue weighted by Gasteiger charge is -2.19. The average Bonchev–Trinajstić information content (AvgIpc) is 2.58. The topological polar surface area (TPSA) is 67.4 Å². The Balaban J connectivity index is 2.28. The van der Waals surface area contributed by atoms with Crippen molar-refractivity contribution in [1.82, 2.24) is 10.6 Å². The third-order valence-corrected chi connectivity index (χ3v) is 4.31. The number of amides is 2. The van der Waals surface area contributed by atoms with Crippen LogP contribution in [-0.4, -0.2) is 30.5 Å². The van der Waals surface area contributed by atoms with Gasteiger partial charge in [-0.15, -0.1) is 0 Å². The number of carbonyl (C=O) groups excluding carboxylic acids is 2. The van der Waals surface area contributed by atoms with Crippen molar-refractivity contribution < 1.29 is 14.3 Å². The van der Waals surface area contributed by atoms with E-state index >= 15 is 0 Å². The molecule has 0 bridgehead atoms. The molecule has 26 heavy (non-hydrogen) atoms. The van der Waals surface area contributed by atoms with E-state index in [1.807, 2.05) is 26.0 Å². The second kappa shape index (κ2) is 10.2. The van der Waals surface area contributed by atoms with Crippen molar-refractivity contribution in [3.05, 3.63) is 29.8 Å². The third kappa shape index (κ3) is 7.89. The summed E-state index contributed by atoms with van der Waals surface area (Å²) in [6, 6.07) is 7.64. The fourth-order valence-electron chi connectivity index (χ4n) is 2.32. The van der Waals surface area contributed by atoms with Crippen LogP contribution in [0.3, 0.4) is 0 Å². The van der Waals surface area contributed by atoms with Crippen LogP contribution in [0.1, 0.15) is 66.4 Å². The highest BCUT2D eigenvalue weighted by molar-refractivity contribution is 5.87. The van der Waals surface area contributed by atoms with Gasteiger partial charge in [-0.3, -0.25) is 9.59 Å². The largest absolute Gasteiger partial charge is 0.494 e. The zero-order valence-corrected chi connectivity index (χ0v) is 17.0. The predicted octanol–water partition coefficient (Wildman–Crippen LogP) is 3.56. The molecule has 1 aromatic carbocycles. The van der Waals surface area contributed by atoms with Crippen LogP contribution in [0.25, 0.3) is 0 Å². The number of rotatable bonds is 9. The van der Waals surface area contributed by atoms with Crippen LogP contribution >= 0.6 is 0 Å². The van der Waals surface area contributed by atoms with Gasteiger partial charge in [-0.1, -0.05) is 39.8 Å². The molecule has 5 nitrogen and oxygen atoms in total. The zero-order valence-electron chi connectivity index (χ0n) is 17.0. The van der Waals surface area contributed by atoms with E-state index in [1.54, 1.807) is 6.92 Å². The molecule has 0 radical (unpaired) electrons. The number of carbonyl (C=O) groups is 2. The molecule has 0 aliphatic heterocycles. The summed E-state index contributed by atoms with van der Waals surface area (Å²) in [6.45, 7) is 12.6. The molecule has 0 fully saturated rings. The van der Waals surface area contributed by atoms with Crippen molar-refractivity contribution >= 4 is 11.8 Å². The smallest absolute Gasteiger partial charge is 0.242 e. The Morgan fingerprint density at radius 1 is 1.08 bits per heavy atom. The summed E-state index contributed by atoms with van der Waals surface area (Å²) in [5, 5.41) is 5.59. The first-order valence-corrected chi connectivity index (χ1v) is 9.46. The molecule has 2 N–H and O–H groups in total. The Morgan fingerprint density at radius 2 is 1.69 bits per heavy atom. The Morgan fingerprint density at radius 3 is 2.23 bits per heavy atom.